The molecule has 23 heavy (non-hydrogen) atoms. The minimum absolute atomic E-state index is 0.0817. The summed E-state index contributed by atoms with van der Waals surface area (Å²) in [5, 5.41) is 0. The third-order valence-electron chi connectivity index (χ3n) is 4.10. The predicted octanol–water partition coefficient (Wildman–Crippen LogP) is 1.85. The monoisotopic (exact) mass is 330 g/mol. The Morgan fingerprint density at radius 1 is 1.39 bits per heavy atom. The molecule has 2 aromatic heterocycles. The number of nitrogens with two attached hydrogens (primary N) is 1. The first-order valence-corrected chi connectivity index (χ1v) is 8.39. The molecule has 2 amide bonds. The Hall–Kier alpha value is -2.28. The van der Waals surface area contributed by atoms with Crippen LogP contribution < -0.4 is 5.73 Å². The average Bonchev–Trinajstić information content (AvgIpc) is 3.00. The van der Waals surface area contributed by atoms with Gasteiger partial charge in [0.25, 0.3) is 5.91 Å². The molecule has 0 radical (unpaired) electrons. The lowest BCUT2D eigenvalue weighted by Crippen LogP contribution is -2.44. The van der Waals surface area contributed by atoms with E-state index in [1.165, 1.54) is 11.3 Å². The Morgan fingerprint density at radius 2 is 2.22 bits per heavy atom. The van der Waals surface area contributed by atoms with Crippen LogP contribution in [0.5, 0.6) is 0 Å². The highest BCUT2D eigenvalue weighted by Gasteiger charge is 2.27. The molecule has 0 unspecified atom stereocenters. The molecule has 6 nitrogen and oxygen atoms in total. The topological polar surface area (TPSA) is 89.2 Å². The number of likely N-dealkylation sites (tertiary alicyclic amines) is 1. The van der Waals surface area contributed by atoms with Crippen LogP contribution in [0.1, 0.15) is 28.9 Å². The van der Waals surface area contributed by atoms with Crippen molar-refractivity contribution in [2.24, 2.45) is 11.7 Å². The SMILES string of the molecule is Cc1ncsc1-c1cc(C(=O)N2CCC[C@H](C(N)=O)C2)ccn1. The lowest BCUT2D eigenvalue weighted by atomic mass is 9.97. The highest BCUT2D eigenvalue weighted by atomic mass is 32.1. The van der Waals surface area contributed by atoms with Crippen molar-refractivity contribution in [3.05, 3.63) is 35.1 Å². The molecular weight excluding hydrogens is 312 g/mol. The molecule has 3 rings (SSSR count). The van der Waals surface area contributed by atoms with Gasteiger partial charge in [-0.05, 0) is 31.9 Å². The lowest BCUT2D eigenvalue weighted by Gasteiger charge is -2.31. The molecule has 1 saturated heterocycles. The standard InChI is InChI=1S/C16H18N4O2S/c1-10-14(23-9-19-10)13-7-11(4-5-18-13)16(22)20-6-2-3-12(8-20)15(17)21/h4-5,7,9,12H,2-3,6,8H2,1H3,(H2,17,21)/t12-/m0/s1. The summed E-state index contributed by atoms with van der Waals surface area (Å²) in [4.78, 5) is 35.3. The van der Waals surface area contributed by atoms with E-state index in [1.54, 1.807) is 28.7 Å². The van der Waals surface area contributed by atoms with Crippen LogP contribution in [-0.4, -0.2) is 39.8 Å². The minimum Gasteiger partial charge on any atom is -0.369 e. The van der Waals surface area contributed by atoms with Crippen LogP contribution >= 0.6 is 11.3 Å². The second-order valence-electron chi connectivity index (χ2n) is 5.69. The van der Waals surface area contributed by atoms with Gasteiger partial charge < -0.3 is 10.6 Å². The van der Waals surface area contributed by atoms with E-state index < -0.39 is 0 Å². The van der Waals surface area contributed by atoms with Crippen molar-refractivity contribution in [3.63, 3.8) is 0 Å². The number of piperidine rings is 1. The number of hydrogen-bond donors (Lipinski definition) is 1. The van der Waals surface area contributed by atoms with Gasteiger partial charge in [0, 0.05) is 24.8 Å². The van der Waals surface area contributed by atoms with Crippen molar-refractivity contribution < 1.29 is 9.59 Å². The van der Waals surface area contributed by atoms with Crippen LogP contribution in [0.3, 0.4) is 0 Å². The van der Waals surface area contributed by atoms with E-state index in [2.05, 4.69) is 9.97 Å². The maximum absolute atomic E-state index is 12.7. The van der Waals surface area contributed by atoms with Crippen molar-refractivity contribution in [2.75, 3.05) is 13.1 Å². The predicted molar refractivity (Wildman–Crippen MR) is 87.9 cm³/mol. The number of hydrogen-bond acceptors (Lipinski definition) is 5. The molecule has 0 bridgehead atoms. The number of carbonyl (C=O) groups is 2. The van der Waals surface area contributed by atoms with Crippen molar-refractivity contribution in [2.45, 2.75) is 19.8 Å². The van der Waals surface area contributed by atoms with Crippen LogP contribution in [0, 0.1) is 12.8 Å². The van der Waals surface area contributed by atoms with Crippen molar-refractivity contribution in [3.8, 4) is 10.6 Å². The maximum Gasteiger partial charge on any atom is 0.254 e. The summed E-state index contributed by atoms with van der Waals surface area (Å²) in [5.74, 6) is -0.669. The maximum atomic E-state index is 12.7. The number of nitrogens with zero attached hydrogens (tertiary/aromatic N) is 3. The summed E-state index contributed by atoms with van der Waals surface area (Å²) < 4.78 is 0. The van der Waals surface area contributed by atoms with Gasteiger partial charge >= 0.3 is 0 Å². The fourth-order valence-corrected chi connectivity index (χ4v) is 3.58. The van der Waals surface area contributed by atoms with E-state index in [0.29, 0.717) is 18.7 Å². The van der Waals surface area contributed by atoms with E-state index >= 15 is 0 Å². The molecule has 3 heterocycles. The van der Waals surface area contributed by atoms with E-state index in [9.17, 15) is 9.59 Å². The zero-order valence-corrected chi connectivity index (χ0v) is 13.7. The van der Waals surface area contributed by atoms with Gasteiger partial charge in [0.1, 0.15) is 0 Å². The molecule has 1 atom stereocenters. The summed E-state index contributed by atoms with van der Waals surface area (Å²) in [6, 6.07) is 3.49. The van der Waals surface area contributed by atoms with Crippen LogP contribution in [0.4, 0.5) is 0 Å². The number of aryl methyl sites for hydroxylation is 1. The molecular formula is C16H18N4O2S. The van der Waals surface area contributed by atoms with E-state index in [1.807, 2.05) is 6.92 Å². The van der Waals surface area contributed by atoms with Gasteiger partial charge in [0.05, 0.1) is 27.7 Å². The first kappa shape index (κ1) is 15.6. The smallest absolute Gasteiger partial charge is 0.254 e. The molecule has 2 aromatic rings. The Bertz CT molecular complexity index is 743. The minimum atomic E-state index is -0.335. The average molecular weight is 330 g/mol. The summed E-state index contributed by atoms with van der Waals surface area (Å²) in [5.41, 5.74) is 9.38. The number of aromatic nitrogens is 2. The summed E-state index contributed by atoms with van der Waals surface area (Å²) >= 11 is 1.50. The van der Waals surface area contributed by atoms with Crippen LogP contribution in [0.25, 0.3) is 10.6 Å². The first-order valence-electron chi connectivity index (χ1n) is 7.51. The van der Waals surface area contributed by atoms with Gasteiger partial charge in [0.2, 0.25) is 5.91 Å². The number of carbonyl (C=O) groups excluding carboxylic acids is 2. The second-order valence-corrected chi connectivity index (χ2v) is 6.54. The van der Waals surface area contributed by atoms with Gasteiger partial charge in [-0.3, -0.25) is 14.6 Å². The molecule has 7 heteroatoms. The van der Waals surface area contributed by atoms with E-state index in [4.69, 9.17) is 5.73 Å². The summed E-state index contributed by atoms with van der Waals surface area (Å²) in [6.07, 6.45) is 3.18. The van der Waals surface area contributed by atoms with Gasteiger partial charge in [-0.15, -0.1) is 11.3 Å². The number of pyridine rings is 1. The Labute approximate surface area is 138 Å². The number of amides is 2. The van der Waals surface area contributed by atoms with E-state index in [0.717, 1.165) is 29.1 Å². The fraction of sp³-hybridized carbons (Fsp3) is 0.375. The number of rotatable bonds is 3. The largest absolute Gasteiger partial charge is 0.369 e. The molecule has 1 fully saturated rings. The van der Waals surface area contributed by atoms with Crippen molar-refractivity contribution in [1.82, 2.24) is 14.9 Å². The fourth-order valence-electron chi connectivity index (χ4n) is 2.81. The molecule has 0 aromatic carbocycles. The van der Waals surface area contributed by atoms with Gasteiger partial charge in [-0.2, -0.15) is 0 Å². The zero-order valence-electron chi connectivity index (χ0n) is 12.9. The molecule has 0 spiro atoms. The highest BCUT2D eigenvalue weighted by Crippen LogP contribution is 2.26. The number of thiazole rings is 1. The molecule has 120 valence electrons. The Kier molecular flexibility index (Phi) is 4.38. The third kappa shape index (κ3) is 3.24. The molecule has 1 aliphatic heterocycles. The normalized spacial score (nSPS) is 18.0. The van der Waals surface area contributed by atoms with Gasteiger partial charge in [-0.1, -0.05) is 0 Å². The lowest BCUT2D eigenvalue weighted by molar-refractivity contribution is -0.123. The van der Waals surface area contributed by atoms with Crippen LogP contribution in [-0.2, 0) is 4.79 Å². The van der Waals surface area contributed by atoms with Crippen LogP contribution in [0.15, 0.2) is 23.8 Å². The zero-order chi connectivity index (χ0) is 16.4. The van der Waals surface area contributed by atoms with Crippen molar-refractivity contribution >= 4 is 23.2 Å². The van der Waals surface area contributed by atoms with Gasteiger partial charge in [0.15, 0.2) is 0 Å². The van der Waals surface area contributed by atoms with Crippen molar-refractivity contribution in [1.29, 1.82) is 0 Å². The van der Waals surface area contributed by atoms with Gasteiger partial charge in [-0.25, -0.2) is 4.98 Å². The quantitative estimate of drug-likeness (QED) is 0.930. The van der Waals surface area contributed by atoms with Crippen LogP contribution in [0.2, 0.25) is 0 Å². The first-order chi connectivity index (χ1) is 11.1. The Morgan fingerprint density at radius 3 is 2.91 bits per heavy atom. The molecule has 0 aliphatic carbocycles. The number of primary amides is 1. The highest BCUT2D eigenvalue weighted by molar-refractivity contribution is 7.13. The summed E-state index contributed by atoms with van der Waals surface area (Å²) in [6.45, 7) is 2.97. The molecule has 1 aliphatic rings. The Balaban J connectivity index is 1.83. The van der Waals surface area contributed by atoms with E-state index in [-0.39, 0.29) is 17.7 Å². The third-order valence-corrected chi connectivity index (χ3v) is 5.05. The second kappa shape index (κ2) is 6.45. The summed E-state index contributed by atoms with van der Waals surface area (Å²) in [7, 11) is 0. The molecule has 2 N–H and O–H groups in total. The molecule has 0 saturated carbocycles.